The molecule has 0 fully saturated rings. The Labute approximate surface area is 585 Å². The number of hydrogen-bond acceptors (Lipinski definition) is 7. The fourth-order valence-corrected chi connectivity index (χ4v) is 13.0. The molecule has 0 saturated carbocycles. The summed E-state index contributed by atoms with van der Waals surface area (Å²) in [5.74, 6) is -0.773. The van der Waals surface area contributed by atoms with E-state index in [2.05, 4.69) is 74.6 Å². The molecule has 0 aromatic rings. The SMILES string of the molecule is CC/C=C\C/C=C\C/C=C\C/C=C\CCCCCCCCCCCCCCCCCCCCCCCCC(=O)OC(COC(=O)CCCCCCCCCCCCCCCCCCCCCCCCC/C=C\CCCCCCCCCC)COP(=O)(O)OCC[N+](C)(C)C. The van der Waals surface area contributed by atoms with Crippen LogP contribution in [-0.4, -0.2) is 74.9 Å². The Morgan fingerprint density at radius 1 is 0.340 bits per heavy atom. The second-order valence-corrected chi connectivity index (χ2v) is 30.6. The van der Waals surface area contributed by atoms with Crippen LogP contribution in [-0.2, 0) is 32.7 Å². The molecule has 552 valence electrons. The highest BCUT2D eigenvalue weighted by Gasteiger charge is 2.27. The summed E-state index contributed by atoms with van der Waals surface area (Å²) in [5, 5.41) is 0. The number of carbonyl (C=O) groups is 2. The predicted molar refractivity (Wildman–Crippen MR) is 409 cm³/mol. The Hall–Kier alpha value is -2.29. The first-order valence-electron chi connectivity index (χ1n) is 41.0. The van der Waals surface area contributed by atoms with Crippen molar-refractivity contribution in [3.05, 3.63) is 60.8 Å². The van der Waals surface area contributed by atoms with Gasteiger partial charge in [-0.3, -0.25) is 18.6 Å². The molecule has 0 aliphatic carbocycles. The first-order chi connectivity index (χ1) is 46.0. The normalized spacial score (nSPS) is 13.3. The number of phosphoric ester groups is 1. The zero-order valence-electron chi connectivity index (χ0n) is 63.2. The van der Waals surface area contributed by atoms with Crippen LogP contribution >= 0.6 is 7.82 Å². The van der Waals surface area contributed by atoms with Crippen molar-refractivity contribution in [3.63, 3.8) is 0 Å². The highest BCUT2D eigenvalue weighted by Crippen LogP contribution is 2.43. The van der Waals surface area contributed by atoms with Crippen LogP contribution in [0.3, 0.4) is 0 Å². The van der Waals surface area contributed by atoms with Gasteiger partial charge in [0.05, 0.1) is 27.7 Å². The first kappa shape index (κ1) is 91.7. The molecular weight excluding hydrogens is 1180 g/mol. The molecule has 94 heavy (non-hydrogen) atoms. The van der Waals surface area contributed by atoms with Crippen molar-refractivity contribution >= 4 is 19.8 Å². The number of allylic oxidation sites excluding steroid dienone is 10. The Morgan fingerprint density at radius 2 is 0.606 bits per heavy atom. The number of carbonyl (C=O) groups excluding carboxylic acids is 2. The Morgan fingerprint density at radius 3 is 0.915 bits per heavy atom. The van der Waals surface area contributed by atoms with E-state index in [0.29, 0.717) is 23.9 Å². The summed E-state index contributed by atoms with van der Waals surface area (Å²) in [6.07, 6.45) is 101. The van der Waals surface area contributed by atoms with Gasteiger partial charge in [0.25, 0.3) is 0 Å². The molecule has 2 unspecified atom stereocenters. The zero-order chi connectivity index (χ0) is 68.3. The molecule has 10 heteroatoms. The van der Waals surface area contributed by atoms with Crippen LogP contribution in [0.5, 0.6) is 0 Å². The fourth-order valence-electron chi connectivity index (χ4n) is 12.3. The van der Waals surface area contributed by atoms with Gasteiger partial charge in [-0.2, -0.15) is 0 Å². The average Bonchev–Trinajstić information content (AvgIpc) is 1.68. The van der Waals surface area contributed by atoms with Gasteiger partial charge in [-0.05, 0) is 77.0 Å². The third-order valence-corrected chi connectivity index (χ3v) is 19.5. The molecule has 0 bridgehead atoms. The van der Waals surface area contributed by atoms with Crippen molar-refractivity contribution in [2.24, 2.45) is 0 Å². The van der Waals surface area contributed by atoms with Crippen molar-refractivity contribution in [3.8, 4) is 0 Å². The van der Waals surface area contributed by atoms with E-state index in [1.54, 1.807) is 0 Å². The number of rotatable bonds is 77. The minimum absolute atomic E-state index is 0.0343. The van der Waals surface area contributed by atoms with E-state index in [9.17, 15) is 19.0 Å². The van der Waals surface area contributed by atoms with Crippen molar-refractivity contribution in [1.29, 1.82) is 0 Å². The zero-order valence-corrected chi connectivity index (χ0v) is 64.1. The summed E-state index contributed by atoms with van der Waals surface area (Å²) in [4.78, 5) is 36.0. The first-order valence-corrected chi connectivity index (χ1v) is 42.5. The van der Waals surface area contributed by atoms with Crippen molar-refractivity contribution in [2.75, 3.05) is 47.5 Å². The Kier molecular flexibility index (Phi) is 73.1. The predicted octanol–water partition coefficient (Wildman–Crippen LogP) is 27.3. The van der Waals surface area contributed by atoms with Gasteiger partial charge in [-0.25, -0.2) is 4.57 Å². The van der Waals surface area contributed by atoms with Gasteiger partial charge in [-0.1, -0.05) is 383 Å². The van der Waals surface area contributed by atoms with Crippen molar-refractivity contribution < 1.29 is 42.1 Å². The largest absolute Gasteiger partial charge is 0.472 e. The lowest BCUT2D eigenvalue weighted by atomic mass is 10.0. The number of quaternary nitrogens is 1. The molecule has 1 N–H and O–H groups in total. The number of ether oxygens (including phenoxy) is 2. The molecule has 0 rings (SSSR count). The Balaban J connectivity index is 3.90. The molecule has 0 heterocycles. The monoisotopic (exact) mass is 1340 g/mol. The Bertz CT molecular complexity index is 1770. The van der Waals surface area contributed by atoms with Gasteiger partial charge in [0.2, 0.25) is 0 Å². The van der Waals surface area contributed by atoms with Gasteiger partial charge in [0.1, 0.15) is 19.8 Å². The van der Waals surface area contributed by atoms with E-state index in [0.717, 1.165) is 57.8 Å². The number of phosphoric acid groups is 1. The maximum Gasteiger partial charge on any atom is 0.472 e. The summed E-state index contributed by atoms with van der Waals surface area (Å²) in [6.45, 7) is 4.40. The number of likely N-dealkylation sites (N-methyl/N-ethyl adjacent to an activating group) is 1. The second-order valence-electron chi connectivity index (χ2n) is 29.1. The summed E-state index contributed by atoms with van der Waals surface area (Å²) in [6, 6.07) is 0. The molecular formula is C84H159NO8P+. The number of unbranched alkanes of at least 4 members (excludes halogenated alkanes) is 53. The number of esters is 2. The summed E-state index contributed by atoms with van der Waals surface area (Å²) >= 11 is 0. The molecule has 0 radical (unpaired) electrons. The van der Waals surface area contributed by atoms with Gasteiger partial charge < -0.3 is 18.9 Å². The lowest BCUT2D eigenvalue weighted by Crippen LogP contribution is -2.37. The standard InChI is InChI=1S/C84H158NO8P/c1-6-8-10-12-14-16-18-20-22-24-26-28-30-32-34-36-38-40-42-44-46-48-50-52-54-56-58-60-62-64-66-68-70-72-74-76-83(86)90-80-82(81-92-94(88,89)91-79-78-85(3,4)5)93-84(87)77-75-73-71-69-67-65-63-61-59-57-55-53-51-49-47-45-43-41-39-37-35-33-31-29-27-25-23-21-19-17-15-13-11-9-7-2/h9,11,15,17,21,23-24,26-27,29,82H,6-8,10,12-14,16,18-20,22,25,28,30-81H2,1-5H3/p+1/b11-9-,17-15-,23-21-,26-24-,29-27-. The van der Waals surface area contributed by atoms with Crippen molar-refractivity contribution in [2.45, 2.75) is 418 Å². The second kappa shape index (κ2) is 74.9. The third kappa shape index (κ3) is 78.7. The van der Waals surface area contributed by atoms with E-state index in [4.69, 9.17) is 18.5 Å². The van der Waals surface area contributed by atoms with Crippen LogP contribution in [0.4, 0.5) is 0 Å². The minimum Gasteiger partial charge on any atom is -0.462 e. The summed E-state index contributed by atoms with van der Waals surface area (Å²) in [7, 11) is 1.50. The van der Waals surface area contributed by atoms with E-state index >= 15 is 0 Å². The number of nitrogens with zero attached hydrogens (tertiary/aromatic N) is 1. The number of hydrogen-bond donors (Lipinski definition) is 1. The molecule has 0 aromatic carbocycles. The lowest BCUT2D eigenvalue weighted by molar-refractivity contribution is -0.870. The third-order valence-electron chi connectivity index (χ3n) is 18.5. The summed E-state index contributed by atoms with van der Waals surface area (Å²) in [5.41, 5.74) is 0. The maximum absolute atomic E-state index is 12.9. The van der Waals surface area contributed by atoms with E-state index < -0.39 is 26.5 Å². The van der Waals surface area contributed by atoms with Crippen LogP contribution in [0.2, 0.25) is 0 Å². The molecule has 0 amide bonds. The minimum atomic E-state index is -4.39. The maximum atomic E-state index is 12.9. The highest BCUT2D eigenvalue weighted by molar-refractivity contribution is 7.47. The van der Waals surface area contributed by atoms with Crippen LogP contribution in [0, 0.1) is 0 Å². The van der Waals surface area contributed by atoms with Crippen molar-refractivity contribution in [1.82, 2.24) is 0 Å². The highest BCUT2D eigenvalue weighted by atomic mass is 31.2. The molecule has 9 nitrogen and oxygen atoms in total. The average molecular weight is 1340 g/mol. The van der Waals surface area contributed by atoms with Gasteiger partial charge in [0, 0.05) is 12.8 Å². The van der Waals surface area contributed by atoms with Crippen LogP contribution in [0.25, 0.3) is 0 Å². The molecule has 0 aromatic heterocycles. The van der Waals surface area contributed by atoms with Gasteiger partial charge in [0.15, 0.2) is 6.10 Å². The van der Waals surface area contributed by atoms with E-state index in [-0.39, 0.29) is 25.6 Å². The molecule has 0 aliphatic heterocycles. The fraction of sp³-hybridized carbons (Fsp3) is 0.857. The quantitative estimate of drug-likeness (QED) is 0.0211. The molecule has 0 spiro atoms. The van der Waals surface area contributed by atoms with Crippen LogP contribution < -0.4 is 0 Å². The smallest absolute Gasteiger partial charge is 0.462 e. The topological polar surface area (TPSA) is 108 Å². The van der Waals surface area contributed by atoms with E-state index in [1.165, 1.54) is 321 Å². The molecule has 2 atom stereocenters. The van der Waals surface area contributed by atoms with Crippen LogP contribution in [0.15, 0.2) is 60.8 Å². The molecule has 0 saturated heterocycles. The van der Waals surface area contributed by atoms with Crippen LogP contribution in [0.1, 0.15) is 412 Å². The summed E-state index contributed by atoms with van der Waals surface area (Å²) < 4.78 is 34.9. The van der Waals surface area contributed by atoms with Gasteiger partial charge in [-0.15, -0.1) is 0 Å². The van der Waals surface area contributed by atoms with Gasteiger partial charge >= 0.3 is 19.8 Å². The lowest BCUT2D eigenvalue weighted by Gasteiger charge is -2.24. The van der Waals surface area contributed by atoms with E-state index in [1.807, 2.05) is 21.1 Å². The molecule has 0 aliphatic rings.